The Morgan fingerprint density at radius 2 is 0.810 bits per heavy atom. The highest BCUT2D eigenvalue weighted by Gasteiger charge is 2.18. The summed E-state index contributed by atoms with van der Waals surface area (Å²) >= 11 is 0. The molecule has 8 aromatic rings. The van der Waals surface area contributed by atoms with Gasteiger partial charge >= 0.3 is 0 Å². The number of aromatic nitrogens is 3. The maximum atomic E-state index is 5.06. The third kappa shape index (κ3) is 4.17. The number of rotatable bonds is 3. The SMILES string of the molecule is CC.Cc1ccc(-c2nc(-c3ccc(C)cc3)nc(-c3ccc4c5cccc6cccc(c7cccc3c74)c65)n2)cc1. The van der Waals surface area contributed by atoms with Crippen LogP contribution in [-0.4, -0.2) is 15.0 Å². The van der Waals surface area contributed by atoms with Crippen molar-refractivity contribution in [1.82, 2.24) is 15.0 Å². The van der Waals surface area contributed by atoms with Crippen molar-refractivity contribution in [3.63, 3.8) is 0 Å². The quantitative estimate of drug-likeness (QED) is 0.165. The second-order valence-electron chi connectivity index (χ2n) is 10.6. The van der Waals surface area contributed by atoms with Crippen LogP contribution in [0.3, 0.4) is 0 Å². The first-order valence-corrected chi connectivity index (χ1v) is 14.6. The molecular formula is C39H31N3. The molecule has 0 spiro atoms. The van der Waals surface area contributed by atoms with Crippen LogP contribution in [0.5, 0.6) is 0 Å². The smallest absolute Gasteiger partial charge is 0.164 e. The minimum absolute atomic E-state index is 0.677. The summed E-state index contributed by atoms with van der Waals surface area (Å²) in [7, 11) is 0. The van der Waals surface area contributed by atoms with E-state index >= 15 is 0 Å². The summed E-state index contributed by atoms with van der Waals surface area (Å²) < 4.78 is 0. The Labute approximate surface area is 245 Å². The van der Waals surface area contributed by atoms with Crippen molar-refractivity contribution >= 4 is 43.1 Å². The van der Waals surface area contributed by atoms with E-state index in [2.05, 4.69) is 129 Å². The van der Waals surface area contributed by atoms with Crippen molar-refractivity contribution in [3.05, 3.63) is 126 Å². The van der Waals surface area contributed by atoms with Gasteiger partial charge in [-0.2, -0.15) is 0 Å². The van der Waals surface area contributed by atoms with E-state index in [-0.39, 0.29) is 0 Å². The summed E-state index contributed by atoms with van der Waals surface area (Å²) in [6.07, 6.45) is 0. The largest absolute Gasteiger partial charge is 0.208 e. The predicted octanol–water partition coefficient (Wildman–Crippen LogP) is 10.6. The summed E-state index contributed by atoms with van der Waals surface area (Å²) in [6, 6.07) is 41.0. The highest BCUT2D eigenvalue weighted by atomic mass is 15.0. The minimum atomic E-state index is 0.677. The molecule has 0 fully saturated rings. The van der Waals surface area contributed by atoms with Crippen LogP contribution < -0.4 is 0 Å². The molecule has 0 bridgehead atoms. The predicted molar refractivity (Wildman–Crippen MR) is 178 cm³/mol. The normalized spacial score (nSPS) is 11.3. The molecule has 0 aliphatic carbocycles. The molecule has 202 valence electrons. The molecule has 42 heavy (non-hydrogen) atoms. The second-order valence-corrected chi connectivity index (χ2v) is 10.6. The Kier molecular flexibility index (Phi) is 6.36. The zero-order valence-corrected chi connectivity index (χ0v) is 24.3. The van der Waals surface area contributed by atoms with Gasteiger partial charge in [0.05, 0.1) is 0 Å². The lowest BCUT2D eigenvalue weighted by Gasteiger charge is -2.16. The first kappa shape index (κ1) is 25.8. The van der Waals surface area contributed by atoms with E-state index in [0.29, 0.717) is 17.5 Å². The van der Waals surface area contributed by atoms with Gasteiger partial charge < -0.3 is 0 Å². The molecule has 1 heterocycles. The minimum Gasteiger partial charge on any atom is -0.208 e. The van der Waals surface area contributed by atoms with Crippen molar-refractivity contribution in [3.8, 4) is 34.2 Å². The van der Waals surface area contributed by atoms with E-state index in [1.165, 1.54) is 48.8 Å². The van der Waals surface area contributed by atoms with E-state index in [0.717, 1.165) is 22.1 Å². The molecule has 3 heteroatoms. The van der Waals surface area contributed by atoms with E-state index in [1.54, 1.807) is 0 Å². The lowest BCUT2D eigenvalue weighted by Crippen LogP contribution is -2.01. The van der Waals surface area contributed by atoms with Crippen LogP contribution in [-0.2, 0) is 0 Å². The van der Waals surface area contributed by atoms with Gasteiger partial charge in [0.25, 0.3) is 0 Å². The Hall–Kier alpha value is -5.15. The fourth-order valence-electron chi connectivity index (χ4n) is 6.00. The van der Waals surface area contributed by atoms with Gasteiger partial charge in [0.15, 0.2) is 17.5 Å². The highest BCUT2D eigenvalue weighted by molar-refractivity contribution is 6.33. The van der Waals surface area contributed by atoms with Gasteiger partial charge in [0, 0.05) is 16.7 Å². The zero-order chi connectivity index (χ0) is 28.8. The molecule has 3 nitrogen and oxygen atoms in total. The van der Waals surface area contributed by atoms with E-state index < -0.39 is 0 Å². The fourth-order valence-corrected chi connectivity index (χ4v) is 6.00. The molecule has 0 saturated carbocycles. The maximum Gasteiger partial charge on any atom is 0.164 e. The van der Waals surface area contributed by atoms with Crippen molar-refractivity contribution in [1.29, 1.82) is 0 Å². The molecule has 0 amide bonds. The van der Waals surface area contributed by atoms with Gasteiger partial charge in [0.1, 0.15) is 0 Å². The number of benzene rings is 7. The molecule has 0 unspecified atom stereocenters. The lowest BCUT2D eigenvalue weighted by atomic mass is 9.88. The number of hydrogen-bond acceptors (Lipinski definition) is 3. The zero-order valence-electron chi connectivity index (χ0n) is 24.3. The summed E-state index contributed by atoms with van der Waals surface area (Å²) in [5, 5.41) is 10.1. The van der Waals surface area contributed by atoms with E-state index in [1.807, 2.05) is 13.8 Å². The molecule has 0 aliphatic rings. The second kappa shape index (κ2) is 10.4. The Morgan fingerprint density at radius 1 is 0.381 bits per heavy atom. The number of aryl methyl sites for hydroxylation is 2. The monoisotopic (exact) mass is 541 g/mol. The van der Waals surface area contributed by atoms with Gasteiger partial charge in [-0.3, -0.25) is 0 Å². The molecule has 0 radical (unpaired) electrons. The van der Waals surface area contributed by atoms with Gasteiger partial charge in [0.2, 0.25) is 0 Å². The molecule has 0 N–H and O–H groups in total. The molecule has 0 atom stereocenters. The topological polar surface area (TPSA) is 38.7 Å². The van der Waals surface area contributed by atoms with Gasteiger partial charge in [-0.25, -0.2) is 15.0 Å². The lowest BCUT2D eigenvalue weighted by molar-refractivity contribution is 1.08. The van der Waals surface area contributed by atoms with E-state index in [9.17, 15) is 0 Å². The van der Waals surface area contributed by atoms with Crippen LogP contribution in [0.15, 0.2) is 115 Å². The van der Waals surface area contributed by atoms with E-state index in [4.69, 9.17) is 15.0 Å². The number of hydrogen-bond donors (Lipinski definition) is 0. The van der Waals surface area contributed by atoms with Crippen molar-refractivity contribution in [2.45, 2.75) is 27.7 Å². The number of fused-ring (bicyclic) bond motifs is 2. The van der Waals surface area contributed by atoms with Gasteiger partial charge in [-0.1, -0.05) is 134 Å². The molecule has 0 aliphatic heterocycles. The van der Waals surface area contributed by atoms with Crippen molar-refractivity contribution in [2.75, 3.05) is 0 Å². The van der Waals surface area contributed by atoms with Gasteiger partial charge in [-0.15, -0.1) is 0 Å². The first-order chi connectivity index (χ1) is 20.6. The van der Waals surface area contributed by atoms with Crippen LogP contribution in [0, 0.1) is 13.8 Å². The van der Waals surface area contributed by atoms with Crippen LogP contribution in [0.25, 0.3) is 77.3 Å². The average molecular weight is 542 g/mol. The Bertz CT molecular complexity index is 2100. The molecule has 0 saturated heterocycles. The number of nitrogens with zero attached hydrogens (tertiary/aromatic N) is 3. The average Bonchev–Trinajstić information content (AvgIpc) is 3.04. The molecule has 1 aromatic heterocycles. The summed E-state index contributed by atoms with van der Waals surface area (Å²) in [5.41, 5.74) is 5.37. The van der Waals surface area contributed by atoms with Crippen molar-refractivity contribution in [2.24, 2.45) is 0 Å². The Balaban J connectivity index is 0.00000141. The Morgan fingerprint density at radius 3 is 1.36 bits per heavy atom. The highest BCUT2D eigenvalue weighted by Crippen LogP contribution is 2.42. The summed E-state index contributed by atoms with van der Waals surface area (Å²) in [4.78, 5) is 15.1. The maximum absolute atomic E-state index is 5.06. The van der Waals surface area contributed by atoms with Crippen LogP contribution in [0.1, 0.15) is 25.0 Å². The van der Waals surface area contributed by atoms with Crippen molar-refractivity contribution < 1.29 is 0 Å². The standard InChI is InChI=1S/C37H25N3.C2H6/c1-22-12-16-25(17-13-22)35-38-36(26-18-14-23(2)15-19-26)40-37(39-35)32-21-20-31-28-9-4-7-24-6-3-8-27(33(24)28)29-10-5-11-30(32)34(29)31;1-2/h3-21H,1-2H3;1-2H3. The third-order valence-corrected chi connectivity index (χ3v) is 8.02. The van der Waals surface area contributed by atoms with Crippen LogP contribution in [0.4, 0.5) is 0 Å². The third-order valence-electron chi connectivity index (χ3n) is 8.02. The fraction of sp³-hybridized carbons (Fsp3) is 0.103. The van der Waals surface area contributed by atoms with Crippen LogP contribution >= 0.6 is 0 Å². The molecule has 8 rings (SSSR count). The summed E-state index contributed by atoms with van der Waals surface area (Å²) in [5.74, 6) is 2.04. The first-order valence-electron chi connectivity index (χ1n) is 14.6. The molecule has 7 aromatic carbocycles. The van der Waals surface area contributed by atoms with Crippen LogP contribution in [0.2, 0.25) is 0 Å². The van der Waals surface area contributed by atoms with Gasteiger partial charge in [-0.05, 0) is 63.0 Å². The molecular weight excluding hydrogens is 510 g/mol. The summed E-state index contributed by atoms with van der Waals surface area (Å²) in [6.45, 7) is 8.18.